The first-order chi connectivity index (χ1) is 10.3. The van der Waals surface area contributed by atoms with E-state index in [1.165, 1.54) is 11.1 Å². The summed E-state index contributed by atoms with van der Waals surface area (Å²) >= 11 is 0. The predicted molar refractivity (Wildman–Crippen MR) is 84.1 cm³/mol. The van der Waals surface area contributed by atoms with Crippen LogP contribution in [0.3, 0.4) is 0 Å². The van der Waals surface area contributed by atoms with E-state index in [2.05, 4.69) is 18.2 Å². The van der Waals surface area contributed by atoms with Crippen LogP contribution in [0.5, 0.6) is 0 Å². The standard InChI is InChI=1S/C18H20N2O/c19-10-8-14-4-3-7-16(12-14)18(21)20-11-9-15-5-1-2-6-17(15)13-20/h1-7,12H,8-11,13,19H2. The van der Waals surface area contributed by atoms with Crippen LogP contribution in [0.1, 0.15) is 27.0 Å². The highest BCUT2D eigenvalue weighted by atomic mass is 16.2. The van der Waals surface area contributed by atoms with Gasteiger partial charge in [-0.2, -0.15) is 0 Å². The summed E-state index contributed by atoms with van der Waals surface area (Å²) in [6.07, 6.45) is 1.74. The van der Waals surface area contributed by atoms with Gasteiger partial charge in [0.15, 0.2) is 0 Å². The van der Waals surface area contributed by atoms with E-state index in [0.717, 1.165) is 30.5 Å². The Morgan fingerprint density at radius 2 is 1.90 bits per heavy atom. The molecule has 0 radical (unpaired) electrons. The van der Waals surface area contributed by atoms with Gasteiger partial charge < -0.3 is 10.6 Å². The molecule has 1 aliphatic heterocycles. The van der Waals surface area contributed by atoms with Crippen LogP contribution in [0.4, 0.5) is 0 Å². The van der Waals surface area contributed by atoms with Crippen molar-refractivity contribution in [2.24, 2.45) is 5.73 Å². The second kappa shape index (κ2) is 6.10. The lowest BCUT2D eigenvalue weighted by Gasteiger charge is -2.29. The van der Waals surface area contributed by atoms with Crippen LogP contribution in [-0.2, 0) is 19.4 Å². The van der Waals surface area contributed by atoms with Gasteiger partial charge in [0.05, 0.1) is 0 Å². The van der Waals surface area contributed by atoms with Gasteiger partial charge in [0.2, 0.25) is 0 Å². The molecule has 21 heavy (non-hydrogen) atoms. The van der Waals surface area contributed by atoms with Crippen LogP contribution in [0.2, 0.25) is 0 Å². The smallest absolute Gasteiger partial charge is 0.254 e. The number of carbonyl (C=O) groups excluding carboxylic acids is 1. The van der Waals surface area contributed by atoms with Crippen molar-refractivity contribution in [3.63, 3.8) is 0 Å². The lowest BCUT2D eigenvalue weighted by molar-refractivity contribution is 0.0734. The monoisotopic (exact) mass is 280 g/mol. The van der Waals surface area contributed by atoms with Crippen LogP contribution in [0, 0.1) is 0 Å². The molecule has 0 saturated heterocycles. The molecule has 2 aromatic carbocycles. The average Bonchev–Trinajstić information content (AvgIpc) is 2.54. The number of hydrogen-bond donors (Lipinski definition) is 1. The van der Waals surface area contributed by atoms with Crippen LogP contribution >= 0.6 is 0 Å². The van der Waals surface area contributed by atoms with Gasteiger partial charge >= 0.3 is 0 Å². The Kier molecular flexibility index (Phi) is 4.02. The first kappa shape index (κ1) is 13.8. The molecule has 3 nitrogen and oxygen atoms in total. The number of amides is 1. The van der Waals surface area contributed by atoms with Crippen molar-refractivity contribution in [3.05, 3.63) is 70.8 Å². The minimum atomic E-state index is 0.114. The third kappa shape index (κ3) is 2.98. The Morgan fingerprint density at radius 3 is 2.71 bits per heavy atom. The minimum Gasteiger partial charge on any atom is -0.334 e. The number of nitrogens with zero attached hydrogens (tertiary/aromatic N) is 1. The quantitative estimate of drug-likeness (QED) is 0.938. The van der Waals surface area contributed by atoms with Gasteiger partial charge in [-0.25, -0.2) is 0 Å². The van der Waals surface area contributed by atoms with Crippen molar-refractivity contribution in [2.75, 3.05) is 13.1 Å². The molecule has 0 aliphatic carbocycles. The summed E-state index contributed by atoms with van der Waals surface area (Å²) in [7, 11) is 0. The van der Waals surface area contributed by atoms with Gasteiger partial charge in [0.1, 0.15) is 0 Å². The third-order valence-electron chi connectivity index (χ3n) is 4.02. The highest BCUT2D eigenvalue weighted by Crippen LogP contribution is 2.20. The second-order valence-corrected chi connectivity index (χ2v) is 5.48. The average molecular weight is 280 g/mol. The third-order valence-corrected chi connectivity index (χ3v) is 4.02. The Bertz CT molecular complexity index is 651. The van der Waals surface area contributed by atoms with E-state index in [0.29, 0.717) is 13.1 Å². The predicted octanol–water partition coefficient (Wildman–Crippen LogP) is 2.39. The zero-order chi connectivity index (χ0) is 14.7. The summed E-state index contributed by atoms with van der Waals surface area (Å²) < 4.78 is 0. The highest BCUT2D eigenvalue weighted by molar-refractivity contribution is 5.94. The van der Waals surface area contributed by atoms with Gasteiger partial charge in [-0.05, 0) is 48.2 Å². The summed E-state index contributed by atoms with van der Waals surface area (Å²) in [6, 6.07) is 16.2. The maximum Gasteiger partial charge on any atom is 0.254 e. The van der Waals surface area contributed by atoms with Gasteiger partial charge in [-0.15, -0.1) is 0 Å². The van der Waals surface area contributed by atoms with Crippen LogP contribution in [0.25, 0.3) is 0 Å². The molecule has 0 aromatic heterocycles. The Labute approximate surface area is 125 Å². The molecule has 0 saturated carbocycles. The molecular formula is C18H20N2O. The number of nitrogens with two attached hydrogens (primary N) is 1. The molecule has 3 rings (SSSR count). The van der Waals surface area contributed by atoms with Crippen molar-refractivity contribution in [3.8, 4) is 0 Å². The minimum absolute atomic E-state index is 0.114. The maximum atomic E-state index is 12.7. The van der Waals surface area contributed by atoms with Gasteiger partial charge in [-0.1, -0.05) is 36.4 Å². The fraction of sp³-hybridized carbons (Fsp3) is 0.278. The Morgan fingerprint density at radius 1 is 1.10 bits per heavy atom. The van der Waals surface area contributed by atoms with E-state index in [4.69, 9.17) is 5.73 Å². The van der Waals surface area contributed by atoms with E-state index < -0.39 is 0 Å². The van der Waals surface area contributed by atoms with E-state index in [1.54, 1.807) is 0 Å². The first-order valence-corrected chi connectivity index (χ1v) is 7.43. The molecule has 3 heteroatoms. The molecule has 2 aromatic rings. The van der Waals surface area contributed by atoms with Crippen molar-refractivity contribution in [2.45, 2.75) is 19.4 Å². The molecule has 0 unspecified atom stereocenters. The lowest BCUT2D eigenvalue weighted by Crippen LogP contribution is -2.35. The van der Waals surface area contributed by atoms with Crippen LogP contribution in [0.15, 0.2) is 48.5 Å². The molecule has 0 bridgehead atoms. The molecule has 1 heterocycles. The summed E-state index contributed by atoms with van der Waals surface area (Å²) in [5.74, 6) is 0.114. The molecule has 0 atom stereocenters. The zero-order valence-electron chi connectivity index (χ0n) is 12.1. The summed E-state index contributed by atoms with van der Waals surface area (Å²) in [4.78, 5) is 14.6. The normalized spacial score (nSPS) is 13.9. The van der Waals surface area contributed by atoms with Gasteiger partial charge in [0.25, 0.3) is 5.91 Å². The number of hydrogen-bond acceptors (Lipinski definition) is 2. The van der Waals surface area contributed by atoms with E-state index in [1.807, 2.05) is 35.2 Å². The highest BCUT2D eigenvalue weighted by Gasteiger charge is 2.21. The molecule has 1 amide bonds. The summed E-state index contributed by atoms with van der Waals surface area (Å²) in [5.41, 5.74) is 10.1. The van der Waals surface area contributed by atoms with E-state index >= 15 is 0 Å². The van der Waals surface area contributed by atoms with Crippen molar-refractivity contribution >= 4 is 5.91 Å². The van der Waals surface area contributed by atoms with E-state index in [9.17, 15) is 4.79 Å². The van der Waals surface area contributed by atoms with Crippen molar-refractivity contribution in [1.29, 1.82) is 0 Å². The molecule has 108 valence electrons. The molecular weight excluding hydrogens is 260 g/mol. The Balaban J connectivity index is 1.79. The largest absolute Gasteiger partial charge is 0.334 e. The van der Waals surface area contributed by atoms with Crippen LogP contribution in [-0.4, -0.2) is 23.9 Å². The molecule has 1 aliphatic rings. The molecule has 2 N–H and O–H groups in total. The van der Waals surface area contributed by atoms with Gasteiger partial charge in [-0.3, -0.25) is 4.79 Å². The summed E-state index contributed by atoms with van der Waals surface area (Å²) in [5, 5.41) is 0. The van der Waals surface area contributed by atoms with Gasteiger partial charge in [0, 0.05) is 18.7 Å². The van der Waals surface area contributed by atoms with Crippen LogP contribution < -0.4 is 5.73 Å². The first-order valence-electron chi connectivity index (χ1n) is 7.43. The zero-order valence-corrected chi connectivity index (χ0v) is 12.1. The fourth-order valence-electron chi connectivity index (χ4n) is 2.88. The summed E-state index contributed by atoms with van der Waals surface area (Å²) in [6.45, 7) is 2.10. The fourth-order valence-corrected chi connectivity index (χ4v) is 2.88. The SMILES string of the molecule is NCCc1cccc(C(=O)N2CCc3ccccc3C2)c1. The van der Waals surface area contributed by atoms with Crippen molar-refractivity contribution in [1.82, 2.24) is 4.90 Å². The maximum absolute atomic E-state index is 12.7. The number of fused-ring (bicyclic) bond motifs is 1. The van der Waals surface area contributed by atoms with Crippen molar-refractivity contribution < 1.29 is 4.79 Å². The molecule has 0 spiro atoms. The number of rotatable bonds is 3. The topological polar surface area (TPSA) is 46.3 Å². The Hall–Kier alpha value is -2.13. The second-order valence-electron chi connectivity index (χ2n) is 5.48. The number of carbonyl (C=O) groups is 1. The van der Waals surface area contributed by atoms with E-state index in [-0.39, 0.29) is 5.91 Å². The number of benzene rings is 2. The lowest BCUT2D eigenvalue weighted by atomic mass is 9.99. The molecule has 0 fully saturated rings.